The van der Waals surface area contributed by atoms with Gasteiger partial charge >= 0.3 is 0 Å². The first-order valence-corrected chi connectivity index (χ1v) is 7.45. The zero-order chi connectivity index (χ0) is 13.0. The second kappa shape index (κ2) is 6.53. The summed E-state index contributed by atoms with van der Waals surface area (Å²) in [7, 11) is 0. The van der Waals surface area contributed by atoms with Crippen LogP contribution in [0, 0.1) is 5.92 Å². The number of rotatable bonds is 7. The van der Waals surface area contributed by atoms with Crippen LogP contribution in [0.2, 0.25) is 0 Å². The highest BCUT2D eigenvalue weighted by Gasteiger charge is 2.31. The lowest BCUT2D eigenvalue weighted by atomic mass is 10.1. The molecule has 2 fully saturated rings. The minimum atomic E-state index is 0.00736. The molecule has 1 heterocycles. The fourth-order valence-corrected chi connectivity index (χ4v) is 2.71. The molecule has 0 aromatic carbocycles. The molecule has 1 aliphatic carbocycles. The van der Waals surface area contributed by atoms with Gasteiger partial charge in [-0.05, 0) is 52.0 Å². The Kier molecular flexibility index (Phi) is 5.01. The lowest BCUT2D eigenvalue weighted by molar-refractivity contribution is -0.126. The first-order chi connectivity index (χ1) is 8.70. The van der Waals surface area contributed by atoms with Gasteiger partial charge < -0.3 is 10.6 Å². The summed E-state index contributed by atoms with van der Waals surface area (Å²) in [6.45, 7) is 8.00. The maximum Gasteiger partial charge on any atom is 0.237 e. The van der Waals surface area contributed by atoms with Crippen molar-refractivity contribution < 1.29 is 4.79 Å². The molecule has 0 aromatic heterocycles. The van der Waals surface area contributed by atoms with Crippen LogP contribution < -0.4 is 10.6 Å². The van der Waals surface area contributed by atoms with Gasteiger partial charge in [0.2, 0.25) is 5.91 Å². The fraction of sp³-hybridized carbons (Fsp3) is 0.929. The van der Waals surface area contributed by atoms with E-state index in [4.69, 9.17) is 0 Å². The van der Waals surface area contributed by atoms with Crippen molar-refractivity contribution in [1.29, 1.82) is 0 Å². The van der Waals surface area contributed by atoms with E-state index in [2.05, 4.69) is 15.5 Å². The first kappa shape index (κ1) is 13.8. The lowest BCUT2D eigenvalue weighted by Gasteiger charge is -2.30. The van der Waals surface area contributed by atoms with Gasteiger partial charge in [-0.3, -0.25) is 9.69 Å². The van der Waals surface area contributed by atoms with Crippen molar-refractivity contribution in [3.63, 3.8) is 0 Å². The Hall–Kier alpha value is -0.610. The SMILES string of the molecule is CCNC(=O)C(C)N(CC1CC1)CC1CCCN1. The first-order valence-electron chi connectivity index (χ1n) is 7.45. The molecular weight excluding hydrogens is 226 g/mol. The van der Waals surface area contributed by atoms with Crippen LogP contribution >= 0.6 is 0 Å². The van der Waals surface area contributed by atoms with Crippen LogP contribution in [-0.4, -0.2) is 49.1 Å². The molecule has 2 aliphatic rings. The molecule has 0 bridgehead atoms. The zero-order valence-electron chi connectivity index (χ0n) is 11.7. The lowest BCUT2D eigenvalue weighted by Crippen LogP contribution is -2.49. The van der Waals surface area contributed by atoms with Gasteiger partial charge in [0.25, 0.3) is 0 Å². The molecule has 0 radical (unpaired) electrons. The van der Waals surface area contributed by atoms with E-state index in [0.717, 1.165) is 32.1 Å². The molecule has 2 unspecified atom stereocenters. The van der Waals surface area contributed by atoms with Crippen molar-refractivity contribution in [2.45, 2.75) is 51.6 Å². The number of likely N-dealkylation sites (N-methyl/N-ethyl adjacent to an activating group) is 1. The van der Waals surface area contributed by atoms with E-state index in [1.54, 1.807) is 0 Å². The van der Waals surface area contributed by atoms with Crippen molar-refractivity contribution in [3.8, 4) is 0 Å². The van der Waals surface area contributed by atoms with E-state index >= 15 is 0 Å². The van der Waals surface area contributed by atoms with Gasteiger partial charge in [0.15, 0.2) is 0 Å². The number of hydrogen-bond donors (Lipinski definition) is 2. The Balaban J connectivity index is 1.87. The molecule has 2 atom stereocenters. The topological polar surface area (TPSA) is 44.4 Å². The van der Waals surface area contributed by atoms with Gasteiger partial charge in [0, 0.05) is 25.7 Å². The summed E-state index contributed by atoms with van der Waals surface area (Å²) in [5.41, 5.74) is 0. The molecule has 1 saturated heterocycles. The van der Waals surface area contributed by atoms with E-state index < -0.39 is 0 Å². The second-order valence-electron chi connectivity index (χ2n) is 5.76. The molecule has 1 saturated carbocycles. The zero-order valence-corrected chi connectivity index (χ0v) is 11.7. The van der Waals surface area contributed by atoms with Crippen molar-refractivity contribution >= 4 is 5.91 Å². The van der Waals surface area contributed by atoms with Crippen LogP contribution in [0.1, 0.15) is 39.5 Å². The Morgan fingerprint density at radius 3 is 2.72 bits per heavy atom. The van der Waals surface area contributed by atoms with Crippen LogP contribution in [-0.2, 0) is 4.79 Å². The Labute approximate surface area is 110 Å². The number of amides is 1. The molecule has 18 heavy (non-hydrogen) atoms. The maximum atomic E-state index is 12.0. The van der Waals surface area contributed by atoms with Crippen molar-refractivity contribution in [3.05, 3.63) is 0 Å². The monoisotopic (exact) mass is 253 g/mol. The van der Waals surface area contributed by atoms with Gasteiger partial charge in [0.1, 0.15) is 0 Å². The third kappa shape index (κ3) is 3.95. The molecule has 1 aliphatic heterocycles. The summed E-state index contributed by atoms with van der Waals surface area (Å²) in [5, 5.41) is 6.48. The van der Waals surface area contributed by atoms with E-state index in [1.807, 2.05) is 13.8 Å². The average molecular weight is 253 g/mol. The number of carbonyl (C=O) groups excluding carboxylic acids is 1. The fourth-order valence-electron chi connectivity index (χ4n) is 2.71. The van der Waals surface area contributed by atoms with Gasteiger partial charge in [-0.2, -0.15) is 0 Å². The summed E-state index contributed by atoms with van der Waals surface area (Å²) in [5.74, 6) is 1.01. The van der Waals surface area contributed by atoms with Gasteiger partial charge in [-0.1, -0.05) is 0 Å². The van der Waals surface area contributed by atoms with Crippen molar-refractivity contribution in [2.24, 2.45) is 5.92 Å². The molecule has 2 rings (SSSR count). The normalized spacial score (nSPS) is 25.4. The minimum absolute atomic E-state index is 0.00736. The molecule has 1 amide bonds. The molecule has 0 aromatic rings. The number of nitrogens with zero attached hydrogens (tertiary/aromatic N) is 1. The van der Waals surface area contributed by atoms with Crippen LogP contribution in [0.15, 0.2) is 0 Å². The van der Waals surface area contributed by atoms with Crippen molar-refractivity contribution in [1.82, 2.24) is 15.5 Å². The molecule has 104 valence electrons. The summed E-state index contributed by atoms with van der Waals surface area (Å²) >= 11 is 0. The highest BCUT2D eigenvalue weighted by atomic mass is 16.2. The molecule has 4 heteroatoms. The summed E-state index contributed by atoms with van der Waals surface area (Å²) in [4.78, 5) is 14.4. The van der Waals surface area contributed by atoms with Crippen molar-refractivity contribution in [2.75, 3.05) is 26.2 Å². The summed E-state index contributed by atoms with van der Waals surface area (Å²) in [6.07, 6.45) is 5.22. The van der Waals surface area contributed by atoms with E-state index in [9.17, 15) is 4.79 Å². The number of carbonyl (C=O) groups is 1. The maximum absolute atomic E-state index is 12.0. The standard InChI is InChI=1S/C14H27N3O/c1-3-15-14(18)11(2)17(9-12-6-7-12)10-13-5-4-8-16-13/h11-13,16H,3-10H2,1-2H3,(H,15,18). The third-order valence-corrected chi connectivity index (χ3v) is 4.09. The van der Waals surface area contributed by atoms with E-state index in [-0.39, 0.29) is 11.9 Å². The summed E-state index contributed by atoms with van der Waals surface area (Å²) < 4.78 is 0. The quantitative estimate of drug-likeness (QED) is 0.711. The van der Waals surface area contributed by atoms with Crippen LogP contribution in [0.3, 0.4) is 0 Å². The minimum Gasteiger partial charge on any atom is -0.355 e. The average Bonchev–Trinajstić information content (AvgIpc) is 3.02. The smallest absolute Gasteiger partial charge is 0.237 e. The third-order valence-electron chi connectivity index (χ3n) is 4.09. The highest BCUT2D eigenvalue weighted by molar-refractivity contribution is 5.81. The van der Waals surface area contributed by atoms with Crippen LogP contribution in [0.4, 0.5) is 0 Å². The predicted molar refractivity (Wildman–Crippen MR) is 73.5 cm³/mol. The summed E-state index contributed by atoms with van der Waals surface area (Å²) in [6, 6.07) is 0.591. The predicted octanol–water partition coefficient (Wildman–Crippen LogP) is 0.975. The van der Waals surface area contributed by atoms with Crippen LogP contribution in [0.5, 0.6) is 0 Å². The molecule has 0 spiro atoms. The Morgan fingerprint density at radius 2 is 2.17 bits per heavy atom. The molecule has 4 nitrogen and oxygen atoms in total. The molecule has 2 N–H and O–H groups in total. The van der Waals surface area contributed by atoms with E-state index in [0.29, 0.717) is 6.04 Å². The Morgan fingerprint density at radius 1 is 1.39 bits per heavy atom. The highest BCUT2D eigenvalue weighted by Crippen LogP contribution is 2.30. The Bertz CT molecular complexity index is 272. The van der Waals surface area contributed by atoms with Gasteiger partial charge in [0.05, 0.1) is 6.04 Å². The second-order valence-corrected chi connectivity index (χ2v) is 5.76. The number of nitrogens with one attached hydrogen (secondary N) is 2. The van der Waals surface area contributed by atoms with Gasteiger partial charge in [-0.15, -0.1) is 0 Å². The van der Waals surface area contributed by atoms with E-state index in [1.165, 1.54) is 25.7 Å². The molecular formula is C14H27N3O. The van der Waals surface area contributed by atoms with Gasteiger partial charge in [-0.25, -0.2) is 0 Å². The largest absolute Gasteiger partial charge is 0.355 e. The number of hydrogen-bond acceptors (Lipinski definition) is 3. The van der Waals surface area contributed by atoms with Crippen LogP contribution in [0.25, 0.3) is 0 Å².